The van der Waals surface area contributed by atoms with Crippen LogP contribution in [-0.2, 0) is 17.6 Å². The quantitative estimate of drug-likeness (QED) is 0.283. The Labute approximate surface area is 248 Å². The van der Waals surface area contributed by atoms with Gasteiger partial charge in [0.15, 0.2) is 0 Å². The monoisotopic (exact) mass is 588 g/mol. The van der Waals surface area contributed by atoms with Crippen LogP contribution in [0.15, 0.2) is 58.7 Å². The highest BCUT2D eigenvalue weighted by atomic mass is 35.5. The Morgan fingerprint density at radius 2 is 1.76 bits per heavy atom. The number of pyridine rings is 1. The Kier molecular flexibility index (Phi) is 8.42. The van der Waals surface area contributed by atoms with Crippen molar-refractivity contribution in [2.75, 3.05) is 19.6 Å². The summed E-state index contributed by atoms with van der Waals surface area (Å²) >= 11 is 7.45. The molecule has 1 N–H and O–H groups in total. The number of aryl methyl sites for hydroxylation is 2. The lowest BCUT2D eigenvalue weighted by molar-refractivity contribution is -0.123. The summed E-state index contributed by atoms with van der Waals surface area (Å²) in [5.74, 6) is -0.605. The van der Waals surface area contributed by atoms with Crippen LogP contribution in [0.4, 0.5) is 0 Å². The van der Waals surface area contributed by atoms with Gasteiger partial charge in [-0.3, -0.25) is 19.0 Å². The third kappa shape index (κ3) is 5.59. The van der Waals surface area contributed by atoms with Gasteiger partial charge < -0.3 is 10.2 Å². The number of nitrogens with one attached hydrogen (secondary N) is 1. The maximum atomic E-state index is 14.5. The second-order valence-corrected chi connectivity index (χ2v) is 11.7. The zero-order chi connectivity index (χ0) is 29.3. The molecular formula is C32H33ClN4O3S. The van der Waals surface area contributed by atoms with E-state index in [0.29, 0.717) is 39.9 Å². The highest BCUT2D eigenvalue weighted by Crippen LogP contribution is 2.33. The van der Waals surface area contributed by atoms with E-state index in [1.165, 1.54) is 11.3 Å². The van der Waals surface area contributed by atoms with Crippen LogP contribution < -0.4 is 10.9 Å². The molecule has 1 saturated heterocycles. The van der Waals surface area contributed by atoms with Crippen molar-refractivity contribution < 1.29 is 9.59 Å². The maximum Gasteiger partial charge on any atom is 0.265 e. The lowest BCUT2D eigenvalue weighted by Gasteiger charge is -2.30. The number of nitrogens with zero attached hydrogens (tertiary/aromatic N) is 3. The average molecular weight is 589 g/mol. The fourth-order valence-corrected chi connectivity index (χ4v) is 6.34. The van der Waals surface area contributed by atoms with Gasteiger partial charge in [0.2, 0.25) is 5.91 Å². The van der Waals surface area contributed by atoms with Crippen LogP contribution in [0.3, 0.4) is 0 Å². The van der Waals surface area contributed by atoms with Crippen LogP contribution in [0.1, 0.15) is 60.8 Å². The van der Waals surface area contributed by atoms with Crippen LogP contribution in [-0.4, -0.2) is 45.9 Å². The van der Waals surface area contributed by atoms with Crippen LogP contribution in [0.2, 0.25) is 5.02 Å². The first-order valence-corrected chi connectivity index (χ1v) is 15.2. The van der Waals surface area contributed by atoms with Gasteiger partial charge in [-0.2, -0.15) is 0 Å². The van der Waals surface area contributed by atoms with Crippen molar-refractivity contribution in [2.24, 2.45) is 0 Å². The van der Waals surface area contributed by atoms with Crippen LogP contribution in [0.5, 0.6) is 0 Å². The van der Waals surface area contributed by atoms with Crippen LogP contribution >= 0.6 is 22.9 Å². The summed E-state index contributed by atoms with van der Waals surface area (Å²) in [5, 5.41) is 5.86. The molecule has 0 aliphatic carbocycles. The number of para-hydroxylation sites is 1. The predicted octanol–water partition coefficient (Wildman–Crippen LogP) is 6.10. The molecule has 2 aromatic carbocycles. The van der Waals surface area contributed by atoms with Crippen molar-refractivity contribution in [1.29, 1.82) is 0 Å². The first-order valence-electron chi connectivity index (χ1n) is 13.9. The Hall–Kier alpha value is -3.75. The lowest BCUT2D eigenvalue weighted by Crippen LogP contribution is -2.50. The van der Waals surface area contributed by atoms with E-state index in [1.807, 2.05) is 49.6 Å². The maximum absolute atomic E-state index is 14.5. The van der Waals surface area contributed by atoms with Gasteiger partial charge in [0, 0.05) is 34.7 Å². The number of piperazine rings is 1. The van der Waals surface area contributed by atoms with Crippen LogP contribution in [0.25, 0.3) is 27.5 Å². The largest absolute Gasteiger partial charge is 0.353 e. The number of halogens is 1. The number of aromatic nitrogens is 2. The molecule has 0 unspecified atom stereocenters. The summed E-state index contributed by atoms with van der Waals surface area (Å²) in [6.07, 6.45) is 1.45. The molecule has 7 nitrogen and oxygen atoms in total. The normalized spacial score (nSPS) is 13.5. The van der Waals surface area contributed by atoms with Crippen molar-refractivity contribution in [3.8, 4) is 27.5 Å². The zero-order valence-corrected chi connectivity index (χ0v) is 25.2. The molecule has 2 amide bonds. The number of rotatable bonds is 7. The molecule has 41 heavy (non-hydrogen) atoms. The van der Waals surface area contributed by atoms with E-state index in [-0.39, 0.29) is 29.8 Å². The average Bonchev–Trinajstić information content (AvgIpc) is 3.46. The topological polar surface area (TPSA) is 84.3 Å². The molecule has 0 atom stereocenters. The number of hydrogen-bond acceptors (Lipinski definition) is 5. The van der Waals surface area contributed by atoms with E-state index in [4.69, 9.17) is 16.6 Å². The molecule has 5 rings (SSSR count). The van der Waals surface area contributed by atoms with Crippen molar-refractivity contribution in [3.63, 3.8) is 0 Å². The number of benzene rings is 2. The molecule has 1 aliphatic heterocycles. The number of carbonyl (C=O) groups is 2. The highest BCUT2D eigenvalue weighted by molar-refractivity contribution is 7.13. The SMILES string of the molecule is CCc1cccc(CC)c1-n1c(C(C)C)c(C(=O)N2CCNC(=O)C2)cc(-c2nc(-c3ccc(Cl)cc3)cs2)c1=O. The predicted molar refractivity (Wildman–Crippen MR) is 165 cm³/mol. The second kappa shape index (κ2) is 12.0. The number of amides is 2. The van der Waals surface area contributed by atoms with Gasteiger partial charge in [-0.25, -0.2) is 4.98 Å². The third-order valence-corrected chi connectivity index (χ3v) is 8.53. The van der Waals surface area contributed by atoms with Crippen molar-refractivity contribution >= 4 is 34.8 Å². The summed E-state index contributed by atoms with van der Waals surface area (Å²) < 4.78 is 1.75. The fraction of sp³-hybridized carbons (Fsp3) is 0.312. The van der Waals surface area contributed by atoms with Crippen molar-refractivity contribution in [3.05, 3.63) is 91.7 Å². The first kappa shape index (κ1) is 28.8. The molecule has 9 heteroatoms. The molecule has 2 aromatic heterocycles. The summed E-state index contributed by atoms with van der Waals surface area (Å²) in [7, 11) is 0. The molecule has 1 fully saturated rings. The Bertz CT molecular complexity index is 1650. The van der Waals surface area contributed by atoms with Gasteiger partial charge >= 0.3 is 0 Å². The van der Waals surface area contributed by atoms with E-state index in [2.05, 4.69) is 19.2 Å². The molecule has 0 spiro atoms. The van der Waals surface area contributed by atoms with Gasteiger partial charge in [0.25, 0.3) is 11.5 Å². The molecule has 0 radical (unpaired) electrons. The second-order valence-electron chi connectivity index (χ2n) is 10.4. The van der Waals surface area contributed by atoms with E-state index < -0.39 is 0 Å². The molecule has 0 bridgehead atoms. The van der Waals surface area contributed by atoms with Crippen molar-refractivity contribution in [2.45, 2.75) is 46.5 Å². The minimum atomic E-state index is -0.264. The summed E-state index contributed by atoms with van der Waals surface area (Å²) in [5.41, 5.74) is 5.70. The number of thiazole rings is 1. The summed E-state index contributed by atoms with van der Waals surface area (Å²) in [6, 6.07) is 15.2. The molecule has 3 heterocycles. The number of hydrogen-bond donors (Lipinski definition) is 1. The van der Waals surface area contributed by atoms with Crippen molar-refractivity contribution in [1.82, 2.24) is 19.8 Å². The molecule has 0 saturated carbocycles. The van der Waals surface area contributed by atoms with Gasteiger partial charge in [0.1, 0.15) is 5.01 Å². The van der Waals surface area contributed by atoms with Crippen LogP contribution in [0, 0.1) is 0 Å². The van der Waals surface area contributed by atoms with Gasteiger partial charge in [-0.1, -0.05) is 69.6 Å². The summed E-state index contributed by atoms with van der Waals surface area (Å²) in [4.78, 5) is 47.3. The molecule has 4 aromatic rings. The third-order valence-electron chi connectivity index (χ3n) is 7.41. The molecular weight excluding hydrogens is 556 g/mol. The van der Waals surface area contributed by atoms with Gasteiger partial charge in [0.05, 0.1) is 29.1 Å². The first-order chi connectivity index (χ1) is 19.7. The lowest BCUT2D eigenvalue weighted by atomic mass is 9.96. The minimum absolute atomic E-state index is 0.0193. The summed E-state index contributed by atoms with van der Waals surface area (Å²) in [6.45, 7) is 8.90. The smallest absolute Gasteiger partial charge is 0.265 e. The molecule has 212 valence electrons. The Morgan fingerprint density at radius 3 is 2.37 bits per heavy atom. The highest BCUT2D eigenvalue weighted by Gasteiger charge is 2.30. The van der Waals surface area contributed by atoms with E-state index in [1.54, 1.807) is 27.7 Å². The van der Waals surface area contributed by atoms with Gasteiger partial charge in [-0.05, 0) is 48.1 Å². The standard InChI is InChI=1S/C32H33ClN4O3S/c1-5-20-8-7-9-21(6-2)29(20)37-28(19(3)4)24(31(39)36-15-14-34-27(38)17-36)16-25(32(37)40)30-35-26(18-41-30)22-10-12-23(33)13-11-22/h7-13,16,18-19H,5-6,14-15,17H2,1-4H3,(H,34,38). The van der Waals surface area contributed by atoms with E-state index >= 15 is 0 Å². The fourth-order valence-electron chi connectivity index (χ4n) is 5.38. The number of carbonyl (C=O) groups excluding carboxylic acids is 2. The Morgan fingerprint density at radius 1 is 1.07 bits per heavy atom. The van der Waals surface area contributed by atoms with Gasteiger partial charge in [-0.15, -0.1) is 11.3 Å². The Balaban J connectivity index is 1.80. The van der Waals surface area contributed by atoms with E-state index in [9.17, 15) is 14.4 Å². The van der Waals surface area contributed by atoms with E-state index in [0.717, 1.165) is 40.9 Å². The molecule has 1 aliphatic rings. The minimum Gasteiger partial charge on any atom is -0.353 e. The zero-order valence-electron chi connectivity index (χ0n) is 23.7.